The highest BCUT2D eigenvalue weighted by molar-refractivity contribution is 7.14. The van der Waals surface area contributed by atoms with Gasteiger partial charge < -0.3 is 14.2 Å². The summed E-state index contributed by atoms with van der Waals surface area (Å²) in [5.74, 6) is 0.367. The molecule has 0 aliphatic carbocycles. The van der Waals surface area contributed by atoms with E-state index in [2.05, 4.69) is 9.98 Å². The molecule has 0 unspecified atom stereocenters. The molecule has 0 bridgehead atoms. The van der Waals surface area contributed by atoms with E-state index in [0.29, 0.717) is 38.6 Å². The first-order chi connectivity index (χ1) is 15.9. The summed E-state index contributed by atoms with van der Waals surface area (Å²) >= 11 is 7.32. The Morgan fingerprint density at radius 2 is 1.88 bits per heavy atom. The lowest BCUT2D eigenvalue weighted by Crippen LogP contribution is -2.22. The van der Waals surface area contributed by atoms with Gasteiger partial charge in [0.15, 0.2) is 10.8 Å². The van der Waals surface area contributed by atoms with Crippen molar-refractivity contribution < 1.29 is 23.8 Å². The number of aromatic nitrogens is 1. The van der Waals surface area contributed by atoms with Crippen molar-refractivity contribution in [3.63, 3.8) is 0 Å². The molecular formula is C23H18ClN3O5S. The second-order valence-electron chi connectivity index (χ2n) is 6.83. The number of halogens is 1. The quantitative estimate of drug-likeness (QED) is 0.368. The summed E-state index contributed by atoms with van der Waals surface area (Å²) in [6.07, 6.45) is 1.50. The molecule has 1 aromatic heterocycles. The molecule has 10 heteroatoms. The lowest BCUT2D eigenvalue weighted by molar-refractivity contribution is -0.130. The van der Waals surface area contributed by atoms with Gasteiger partial charge in [-0.2, -0.15) is 0 Å². The van der Waals surface area contributed by atoms with Crippen LogP contribution in [0.1, 0.15) is 18.2 Å². The minimum absolute atomic E-state index is 0.0840. The lowest BCUT2D eigenvalue weighted by atomic mass is 10.2. The number of carbonyl (C=O) groups excluding carboxylic acids is 2. The number of carbonyl (C=O) groups is 2. The van der Waals surface area contributed by atoms with Crippen molar-refractivity contribution in [1.82, 2.24) is 4.98 Å². The Hall–Kier alpha value is -3.69. The van der Waals surface area contributed by atoms with Crippen LogP contribution in [-0.4, -0.2) is 37.0 Å². The number of hydrogen-bond donors (Lipinski definition) is 0. The minimum Gasteiger partial charge on any atom is -0.497 e. The first-order valence-electron chi connectivity index (χ1n) is 9.65. The molecule has 0 radical (unpaired) electrons. The Labute approximate surface area is 198 Å². The third-order valence-corrected chi connectivity index (χ3v) is 5.67. The van der Waals surface area contributed by atoms with Crippen molar-refractivity contribution in [2.45, 2.75) is 6.92 Å². The topological polar surface area (TPSA) is 90.3 Å². The van der Waals surface area contributed by atoms with Crippen LogP contribution in [0.2, 0.25) is 5.02 Å². The number of ether oxygens (including phenoxy) is 3. The Morgan fingerprint density at radius 1 is 1.15 bits per heavy atom. The molecule has 4 rings (SSSR count). The summed E-state index contributed by atoms with van der Waals surface area (Å²) in [6, 6.07) is 12.0. The van der Waals surface area contributed by atoms with Crippen LogP contribution < -0.4 is 14.4 Å². The number of esters is 1. The summed E-state index contributed by atoms with van der Waals surface area (Å²) in [7, 11) is 3.06. The molecule has 1 aliphatic heterocycles. The van der Waals surface area contributed by atoms with Crippen molar-refractivity contribution >= 4 is 57.6 Å². The Balaban J connectivity index is 1.64. The number of cyclic esters (lactones) is 1. The van der Waals surface area contributed by atoms with Gasteiger partial charge in [0.25, 0.3) is 0 Å². The predicted molar refractivity (Wildman–Crippen MR) is 127 cm³/mol. The maximum atomic E-state index is 12.4. The zero-order chi connectivity index (χ0) is 23.5. The number of benzene rings is 2. The molecule has 0 fully saturated rings. The van der Waals surface area contributed by atoms with Crippen LogP contribution in [0.4, 0.5) is 10.8 Å². The first-order valence-corrected chi connectivity index (χ1v) is 10.9. The molecule has 1 amide bonds. The molecule has 168 valence electrons. The van der Waals surface area contributed by atoms with E-state index in [9.17, 15) is 9.59 Å². The fraction of sp³-hybridized carbons (Fsp3) is 0.130. The molecule has 1 aliphatic rings. The van der Waals surface area contributed by atoms with Gasteiger partial charge in [-0.25, -0.2) is 14.8 Å². The molecule has 0 saturated carbocycles. The van der Waals surface area contributed by atoms with Gasteiger partial charge in [-0.05, 0) is 36.4 Å². The zero-order valence-electron chi connectivity index (χ0n) is 17.9. The van der Waals surface area contributed by atoms with Crippen LogP contribution in [0.15, 0.2) is 58.5 Å². The number of aliphatic imine (C=N–C) groups is 1. The van der Waals surface area contributed by atoms with Crippen LogP contribution in [0.5, 0.6) is 11.5 Å². The summed E-state index contributed by atoms with van der Waals surface area (Å²) in [4.78, 5) is 34.9. The fourth-order valence-electron chi connectivity index (χ4n) is 3.09. The van der Waals surface area contributed by atoms with Crippen molar-refractivity contribution in [2.24, 2.45) is 4.99 Å². The molecule has 33 heavy (non-hydrogen) atoms. The monoisotopic (exact) mass is 483 g/mol. The Kier molecular flexibility index (Phi) is 6.43. The molecule has 2 heterocycles. The SMILES string of the molecule is COc1cc(OC)cc(C2=NC(=Cc3csc(N(C(C)=O)c4cccc(Cl)c4)n3)C(=O)O2)c1. The van der Waals surface area contributed by atoms with Gasteiger partial charge in [-0.3, -0.25) is 9.69 Å². The van der Waals surface area contributed by atoms with Crippen molar-refractivity contribution in [1.29, 1.82) is 0 Å². The number of hydrogen-bond acceptors (Lipinski definition) is 8. The molecule has 3 aromatic rings. The van der Waals surface area contributed by atoms with Crippen LogP contribution in [0.3, 0.4) is 0 Å². The normalized spacial score (nSPS) is 14.1. The third-order valence-electron chi connectivity index (χ3n) is 4.59. The van der Waals surface area contributed by atoms with E-state index < -0.39 is 5.97 Å². The smallest absolute Gasteiger partial charge is 0.363 e. The minimum atomic E-state index is -0.611. The standard InChI is InChI=1S/C23H18ClN3O5S/c1-13(28)27(17-6-4-5-15(24)9-17)23-25-16(12-33-23)10-20-22(29)32-21(26-20)14-7-18(30-2)11-19(8-14)31-3/h4-12H,1-3H3. The van der Waals surface area contributed by atoms with Gasteiger partial charge in [-0.15, -0.1) is 11.3 Å². The summed E-state index contributed by atoms with van der Waals surface area (Å²) in [6.45, 7) is 1.44. The zero-order valence-corrected chi connectivity index (χ0v) is 19.4. The average molecular weight is 484 g/mol. The van der Waals surface area contributed by atoms with Crippen LogP contribution in [-0.2, 0) is 14.3 Å². The highest BCUT2D eigenvalue weighted by Gasteiger charge is 2.26. The molecule has 8 nitrogen and oxygen atoms in total. The lowest BCUT2D eigenvalue weighted by Gasteiger charge is -2.18. The van der Waals surface area contributed by atoms with Gasteiger partial charge in [0, 0.05) is 29.0 Å². The second-order valence-corrected chi connectivity index (χ2v) is 8.10. The van der Waals surface area contributed by atoms with E-state index in [-0.39, 0.29) is 17.5 Å². The van der Waals surface area contributed by atoms with Crippen molar-refractivity contribution in [3.05, 3.63) is 69.8 Å². The van der Waals surface area contributed by atoms with Gasteiger partial charge in [-0.1, -0.05) is 17.7 Å². The van der Waals surface area contributed by atoms with E-state index >= 15 is 0 Å². The summed E-state index contributed by atoms with van der Waals surface area (Å²) in [5.41, 5.74) is 1.67. The van der Waals surface area contributed by atoms with Gasteiger partial charge >= 0.3 is 5.97 Å². The molecule has 0 atom stereocenters. The van der Waals surface area contributed by atoms with E-state index in [4.69, 9.17) is 25.8 Å². The van der Waals surface area contributed by atoms with Crippen molar-refractivity contribution in [3.8, 4) is 11.5 Å². The molecule has 0 spiro atoms. The van der Waals surface area contributed by atoms with Gasteiger partial charge in [0.05, 0.1) is 25.6 Å². The fourth-order valence-corrected chi connectivity index (χ4v) is 4.12. The highest BCUT2D eigenvalue weighted by atomic mass is 35.5. The average Bonchev–Trinajstić information content (AvgIpc) is 3.40. The molecule has 0 saturated heterocycles. The molecule has 0 N–H and O–H groups in total. The van der Waals surface area contributed by atoms with Crippen LogP contribution in [0, 0.1) is 0 Å². The Morgan fingerprint density at radius 3 is 2.52 bits per heavy atom. The largest absolute Gasteiger partial charge is 0.497 e. The predicted octanol–water partition coefficient (Wildman–Crippen LogP) is 4.84. The number of nitrogens with zero attached hydrogens (tertiary/aromatic N) is 3. The number of rotatable bonds is 6. The second kappa shape index (κ2) is 9.43. The maximum Gasteiger partial charge on any atom is 0.363 e. The van der Waals surface area contributed by atoms with Gasteiger partial charge in [0.1, 0.15) is 11.5 Å². The molecule has 2 aromatic carbocycles. The third kappa shape index (κ3) is 4.89. The maximum absolute atomic E-state index is 12.4. The summed E-state index contributed by atoms with van der Waals surface area (Å²) in [5, 5.41) is 2.66. The molecular weight excluding hydrogens is 466 g/mol. The van der Waals surface area contributed by atoms with E-state index in [0.717, 1.165) is 0 Å². The Bertz CT molecular complexity index is 1280. The number of methoxy groups -OCH3 is 2. The van der Waals surface area contributed by atoms with Crippen LogP contribution >= 0.6 is 22.9 Å². The van der Waals surface area contributed by atoms with E-state index in [1.807, 2.05) is 0 Å². The van der Waals surface area contributed by atoms with E-state index in [1.54, 1.807) is 47.8 Å². The van der Waals surface area contributed by atoms with Gasteiger partial charge in [0.2, 0.25) is 11.8 Å². The van der Waals surface area contributed by atoms with Crippen LogP contribution in [0.25, 0.3) is 6.08 Å². The van der Waals surface area contributed by atoms with Crippen molar-refractivity contribution in [2.75, 3.05) is 19.1 Å². The number of thiazole rings is 1. The number of amides is 1. The first kappa shape index (κ1) is 22.5. The highest BCUT2D eigenvalue weighted by Crippen LogP contribution is 2.32. The summed E-state index contributed by atoms with van der Waals surface area (Å²) < 4.78 is 15.8. The van der Waals surface area contributed by atoms with E-state index in [1.165, 1.54) is 43.5 Å². The number of anilines is 2.